The number of thiophene rings is 1. The lowest BCUT2D eigenvalue weighted by Gasteiger charge is -2.16. The Morgan fingerprint density at radius 3 is 2.81 bits per heavy atom. The second-order valence-electron chi connectivity index (χ2n) is 7.50. The van der Waals surface area contributed by atoms with Gasteiger partial charge in [0, 0.05) is 16.9 Å². The summed E-state index contributed by atoms with van der Waals surface area (Å²) < 4.78 is 10.4. The molecular weight excluding hydrogens is 364 g/mol. The zero-order valence-corrected chi connectivity index (χ0v) is 16.5. The molecule has 0 bridgehead atoms. The molecule has 2 aromatic heterocycles. The number of carbonyl (C=O) groups is 2. The number of esters is 1. The molecular formula is C20H24N2O4S. The van der Waals surface area contributed by atoms with Crippen molar-refractivity contribution in [3.8, 4) is 0 Å². The van der Waals surface area contributed by atoms with Crippen LogP contribution in [0.4, 0.5) is 5.00 Å². The van der Waals surface area contributed by atoms with E-state index < -0.39 is 0 Å². The number of ether oxygens (including phenoxy) is 1. The highest BCUT2D eigenvalue weighted by molar-refractivity contribution is 7.17. The van der Waals surface area contributed by atoms with Crippen LogP contribution in [0.2, 0.25) is 0 Å². The van der Waals surface area contributed by atoms with Gasteiger partial charge in [-0.25, -0.2) is 4.79 Å². The fourth-order valence-corrected chi connectivity index (χ4v) is 5.34. The summed E-state index contributed by atoms with van der Waals surface area (Å²) in [5.41, 5.74) is 2.80. The van der Waals surface area contributed by atoms with Gasteiger partial charge in [-0.1, -0.05) is 18.5 Å². The van der Waals surface area contributed by atoms with Crippen LogP contribution < -0.4 is 5.32 Å². The highest BCUT2D eigenvalue weighted by atomic mass is 32.1. The number of hydrogen-bond donors (Lipinski definition) is 1. The van der Waals surface area contributed by atoms with Crippen LogP contribution in [0.5, 0.6) is 0 Å². The van der Waals surface area contributed by atoms with Crippen LogP contribution in [-0.2, 0) is 30.4 Å². The van der Waals surface area contributed by atoms with Crippen LogP contribution in [0, 0.1) is 5.92 Å². The first kappa shape index (κ1) is 18.2. The molecule has 0 aromatic carbocycles. The lowest BCUT2D eigenvalue weighted by atomic mass is 9.88. The van der Waals surface area contributed by atoms with Crippen LogP contribution in [0.25, 0.3) is 0 Å². The van der Waals surface area contributed by atoms with Gasteiger partial charge in [-0.2, -0.15) is 0 Å². The smallest absolute Gasteiger partial charge is 0.341 e. The van der Waals surface area contributed by atoms with Gasteiger partial charge in [-0.15, -0.1) is 11.3 Å². The number of aromatic nitrogens is 1. The first-order valence-corrected chi connectivity index (χ1v) is 10.4. The molecule has 1 amide bonds. The summed E-state index contributed by atoms with van der Waals surface area (Å²) in [7, 11) is 1.38. The number of hydrogen-bond acceptors (Lipinski definition) is 6. The normalized spacial score (nSPS) is 19.0. The van der Waals surface area contributed by atoms with E-state index in [0.717, 1.165) is 68.3 Å². The maximum Gasteiger partial charge on any atom is 0.341 e. The van der Waals surface area contributed by atoms with Crippen molar-refractivity contribution in [3.05, 3.63) is 33.0 Å². The van der Waals surface area contributed by atoms with Crippen molar-refractivity contribution in [1.82, 2.24) is 5.16 Å². The Bertz CT molecular complexity index is 883. The molecule has 144 valence electrons. The Hall–Kier alpha value is -2.15. The number of rotatable bonds is 3. The summed E-state index contributed by atoms with van der Waals surface area (Å²) in [4.78, 5) is 26.5. The predicted molar refractivity (Wildman–Crippen MR) is 103 cm³/mol. The van der Waals surface area contributed by atoms with E-state index in [1.165, 1.54) is 23.3 Å². The lowest BCUT2D eigenvalue weighted by Crippen LogP contribution is -2.19. The van der Waals surface area contributed by atoms with E-state index >= 15 is 0 Å². The lowest BCUT2D eigenvalue weighted by molar-refractivity contribution is 0.0601. The molecule has 2 aliphatic carbocycles. The highest BCUT2D eigenvalue weighted by Gasteiger charge is 2.30. The number of anilines is 1. The fraction of sp³-hybridized carbons (Fsp3) is 0.550. The Morgan fingerprint density at radius 2 is 2.00 bits per heavy atom. The third kappa shape index (κ3) is 3.40. The molecule has 7 heteroatoms. The number of amides is 1. The topological polar surface area (TPSA) is 81.4 Å². The predicted octanol–water partition coefficient (Wildman–Crippen LogP) is 4.17. The van der Waals surface area contributed by atoms with Gasteiger partial charge in [0.2, 0.25) is 0 Å². The molecule has 0 radical (unpaired) electrons. The van der Waals surface area contributed by atoms with Gasteiger partial charge < -0.3 is 14.6 Å². The zero-order chi connectivity index (χ0) is 19.0. The molecule has 0 unspecified atom stereocenters. The largest absolute Gasteiger partial charge is 0.465 e. The molecule has 4 rings (SSSR count). The van der Waals surface area contributed by atoms with Crippen molar-refractivity contribution in [2.45, 2.75) is 58.3 Å². The Balaban J connectivity index is 1.66. The van der Waals surface area contributed by atoms with E-state index in [2.05, 4.69) is 17.4 Å². The molecule has 2 aliphatic rings. The molecule has 1 atom stereocenters. The number of fused-ring (bicyclic) bond motifs is 2. The quantitative estimate of drug-likeness (QED) is 0.630. The van der Waals surface area contributed by atoms with Gasteiger partial charge in [0.25, 0.3) is 5.91 Å². The van der Waals surface area contributed by atoms with Gasteiger partial charge in [0.1, 0.15) is 10.8 Å². The maximum atomic E-state index is 12.9. The number of nitrogens with zero attached hydrogens (tertiary/aromatic N) is 1. The van der Waals surface area contributed by atoms with Gasteiger partial charge in [0.05, 0.1) is 12.7 Å². The van der Waals surface area contributed by atoms with Crippen molar-refractivity contribution in [1.29, 1.82) is 0 Å². The van der Waals surface area contributed by atoms with E-state index in [4.69, 9.17) is 9.26 Å². The number of aryl methyl sites for hydroxylation is 2. The second kappa shape index (κ2) is 7.46. The van der Waals surface area contributed by atoms with Crippen molar-refractivity contribution in [2.75, 3.05) is 12.4 Å². The van der Waals surface area contributed by atoms with Crippen LogP contribution in [0.3, 0.4) is 0 Å². The molecule has 0 spiro atoms. The number of methoxy groups -OCH3 is 1. The van der Waals surface area contributed by atoms with Crippen LogP contribution in [0.1, 0.15) is 75.2 Å². The average Bonchev–Trinajstić information content (AvgIpc) is 3.14. The summed E-state index contributed by atoms with van der Waals surface area (Å²) in [6, 6.07) is 0. The van der Waals surface area contributed by atoms with Crippen molar-refractivity contribution in [2.24, 2.45) is 5.92 Å². The first-order chi connectivity index (χ1) is 13.1. The van der Waals surface area contributed by atoms with Gasteiger partial charge in [-0.3, -0.25) is 4.79 Å². The van der Waals surface area contributed by atoms with Gasteiger partial charge in [0.15, 0.2) is 5.69 Å². The van der Waals surface area contributed by atoms with Crippen molar-refractivity contribution < 1.29 is 18.8 Å². The SMILES string of the molecule is COC(=O)c1c(NC(=O)c2noc3c2C[C@@H](C)CC3)sc2c1CCCCC2. The zero-order valence-electron chi connectivity index (χ0n) is 15.7. The summed E-state index contributed by atoms with van der Waals surface area (Å²) >= 11 is 1.49. The van der Waals surface area contributed by atoms with Crippen molar-refractivity contribution in [3.63, 3.8) is 0 Å². The van der Waals surface area contributed by atoms with Gasteiger partial charge >= 0.3 is 5.97 Å². The molecule has 0 saturated carbocycles. The minimum absolute atomic E-state index is 0.310. The molecule has 2 heterocycles. The Labute approximate surface area is 162 Å². The number of nitrogens with one attached hydrogen (secondary N) is 1. The number of carbonyl (C=O) groups excluding carboxylic acids is 2. The van der Waals surface area contributed by atoms with Gasteiger partial charge in [-0.05, 0) is 50.0 Å². The third-order valence-corrected chi connectivity index (χ3v) is 6.75. The molecule has 27 heavy (non-hydrogen) atoms. The third-order valence-electron chi connectivity index (χ3n) is 5.54. The van der Waals surface area contributed by atoms with E-state index in [-0.39, 0.29) is 11.9 Å². The molecule has 1 N–H and O–H groups in total. The average molecular weight is 388 g/mol. The Morgan fingerprint density at radius 1 is 1.19 bits per heavy atom. The van der Waals surface area contributed by atoms with E-state index in [9.17, 15) is 9.59 Å². The summed E-state index contributed by atoms with van der Waals surface area (Å²) in [6.45, 7) is 2.17. The van der Waals surface area contributed by atoms with E-state index in [1.54, 1.807) is 0 Å². The van der Waals surface area contributed by atoms with E-state index in [1.807, 2.05) is 0 Å². The molecule has 2 aromatic rings. The highest BCUT2D eigenvalue weighted by Crippen LogP contribution is 2.38. The minimum Gasteiger partial charge on any atom is -0.465 e. The fourth-order valence-electron chi connectivity index (χ4n) is 4.07. The first-order valence-electron chi connectivity index (χ1n) is 9.60. The Kier molecular flexibility index (Phi) is 5.04. The van der Waals surface area contributed by atoms with Crippen LogP contribution >= 0.6 is 11.3 Å². The summed E-state index contributed by atoms with van der Waals surface area (Å²) in [5.74, 6) is 0.622. The molecule has 6 nitrogen and oxygen atoms in total. The van der Waals surface area contributed by atoms with E-state index in [0.29, 0.717) is 22.2 Å². The second-order valence-corrected chi connectivity index (χ2v) is 8.60. The minimum atomic E-state index is -0.388. The standard InChI is InChI=1S/C20H24N2O4S/c1-11-8-9-14-13(10-11)17(22-26-14)18(23)21-19-16(20(24)25-2)12-6-4-3-5-7-15(12)27-19/h11H,3-10H2,1-2H3,(H,21,23)/t11-/m0/s1. The van der Waals surface area contributed by atoms with Crippen LogP contribution in [0.15, 0.2) is 4.52 Å². The molecule has 0 fully saturated rings. The summed E-state index contributed by atoms with van der Waals surface area (Å²) in [6.07, 6.45) is 7.77. The molecule has 0 saturated heterocycles. The summed E-state index contributed by atoms with van der Waals surface area (Å²) in [5, 5.41) is 7.52. The van der Waals surface area contributed by atoms with Crippen LogP contribution in [-0.4, -0.2) is 24.1 Å². The maximum absolute atomic E-state index is 12.9. The monoisotopic (exact) mass is 388 g/mol. The van der Waals surface area contributed by atoms with Crippen molar-refractivity contribution >= 4 is 28.2 Å². The molecule has 0 aliphatic heterocycles.